The van der Waals surface area contributed by atoms with Gasteiger partial charge in [-0.2, -0.15) is 0 Å². The second kappa shape index (κ2) is 6.57. The third-order valence-electron chi connectivity index (χ3n) is 2.64. The summed E-state index contributed by atoms with van der Waals surface area (Å²) in [6.07, 6.45) is 3.29. The van der Waals surface area contributed by atoms with Crippen molar-refractivity contribution in [1.29, 1.82) is 0 Å². The van der Waals surface area contributed by atoms with Crippen LogP contribution in [0.15, 0.2) is 60.9 Å². The van der Waals surface area contributed by atoms with Crippen molar-refractivity contribution in [1.82, 2.24) is 0 Å². The van der Waals surface area contributed by atoms with Gasteiger partial charge in [-0.1, -0.05) is 30.3 Å². The van der Waals surface area contributed by atoms with Crippen LogP contribution in [0.3, 0.4) is 0 Å². The number of allylic oxidation sites excluding steroid dienone is 1. The van der Waals surface area contributed by atoms with Crippen molar-refractivity contribution in [3.8, 4) is 11.5 Å². The molecule has 3 nitrogen and oxygen atoms in total. The number of ether oxygens (including phenoxy) is 2. The number of benzene rings is 2. The molecule has 0 aliphatic carbocycles. The van der Waals surface area contributed by atoms with E-state index in [9.17, 15) is 4.79 Å². The van der Waals surface area contributed by atoms with Crippen LogP contribution in [0.1, 0.15) is 22.8 Å². The molecule has 0 unspecified atom stereocenters. The Morgan fingerprint density at radius 3 is 2.55 bits per heavy atom. The van der Waals surface area contributed by atoms with Crippen molar-refractivity contribution < 1.29 is 14.3 Å². The SMILES string of the molecule is CC=COc1ccc(C)cc1C(=O)Oc1ccccc1. The van der Waals surface area contributed by atoms with Gasteiger partial charge in [-0.15, -0.1) is 0 Å². The molecule has 102 valence electrons. The van der Waals surface area contributed by atoms with Crippen LogP contribution < -0.4 is 9.47 Å². The maximum Gasteiger partial charge on any atom is 0.347 e. The highest BCUT2D eigenvalue weighted by Crippen LogP contribution is 2.22. The normalized spacial score (nSPS) is 10.5. The summed E-state index contributed by atoms with van der Waals surface area (Å²) in [5.74, 6) is 0.560. The predicted octanol–water partition coefficient (Wildman–Crippen LogP) is 4.13. The first kappa shape index (κ1) is 13.9. The van der Waals surface area contributed by atoms with Crippen LogP contribution >= 0.6 is 0 Å². The summed E-state index contributed by atoms with van der Waals surface area (Å²) >= 11 is 0. The second-order valence-electron chi connectivity index (χ2n) is 4.29. The van der Waals surface area contributed by atoms with Crippen LogP contribution in [0.2, 0.25) is 0 Å². The Kier molecular flexibility index (Phi) is 4.56. The molecule has 20 heavy (non-hydrogen) atoms. The number of para-hydroxylation sites is 1. The summed E-state index contributed by atoms with van der Waals surface area (Å²) < 4.78 is 10.8. The van der Waals surface area contributed by atoms with E-state index in [2.05, 4.69) is 0 Å². The van der Waals surface area contributed by atoms with Crippen LogP contribution in [-0.2, 0) is 0 Å². The molecule has 0 saturated carbocycles. The molecule has 2 aromatic rings. The van der Waals surface area contributed by atoms with Gasteiger partial charge in [0.1, 0.15) is 17.1 Å². The van der Waals surface area contributed by atoms with Gasteiger partial charge in [0.25, 0.3) is 0 Å². The molecule has 0 aliphatic rings. The van der Waals surface area contributed by atoms with Crippen molar-refractivity contribution in [3.05, 3.63) is 72.0 Å². The van der Waals surface area contributed by atoms with Crippen molar-refractivity contribution in [2.75, 3.05) is 0 Å². The van der Waals surface area contributed by atoms with E-state index >= 15 is 0 Å². The minimum Gasteiger partial charge on any atom is -0.464 e. The zero-order chi connectivity index (χ0) is 14.4. The highest BCUT2D eigenvalue weighted by atomic mass is 16.5. The largest absolute Gasteiger partial charge is 0.464 e. The zero-order valence-electron chi connectivity index (χ0n) is 11.5. The van der Waals surface area contributed by atoms with Gasteiger partial charge in [-0.05, 0) is 43.7 Å². The van der Waals surface area contributed by atoms with Gasteiger partial charge in [-0.25, -0.2) is 4.79 Å². The molecule has 0 bridgehead atoms. The summed E-state index contributed by atoms with van der Waals surface area (Å²) in [7, 11) is 0. The van der Waals surface area contributed by atoms with Crippen molar-refractivity contribution in [2.24, 2.45) is 0 Å². The summed E-state index contributed by atoms with van der Waals surface area (Å²) in [4.78, 5) is 12.2. The number of carbonyl (C=O) groups excluding carboxylic acids is 1. The first-order chi connectivity index (χ1) is 9.70. The lowest BCUT2D eigenvalue weighted by Crippen LogP contribution is -2.10. The molecule has 0 saturated heterocycles. The van der Waals surface area contributed by atoms with Crippen molar-refractivity contribution in [3.63, 3.8) is 0 Å². The smallest absolute Gasteiger partial charge is 0.347 e. The third kappa shape index (κ3) is 3.48. The van der Waals surface area contributed by atoms with Crippen LogP contribution in [0.5, 0.6) is 11.5 Å². The van der Waals surface area contributed by atoms with Gasteiger partial charge in [-0.3, -0.25) is 0 Å². The topological polar surface area (TPSA) is 35.5 Å². The fourth-order valence-electron chi connectivity index (χ4n) is 1.70. The minimum atomic E-state index is -0.431. The lowest BCUT2D eigenvalue weighted by atomic mass is 10.1. The summed E-state index contributed by atoms with van der Waals surface area (Å²) in [5, 5.41) is 0. The molecule has 0 spiro atoms. The average molecular weight is 268 g/mol. The Morgan fingerprint density at radius 2 is 1.85 bits per heavy atom. The molecule has 0 atom stereocenters. The molecule has 0 fully saturated rings. The first-order valence-electron chi connectivity index (χ1n) is 6.36. The number of esters is 1. The number of aryl methyl sites for hydroxylation is 1. The van der Waals surface area contributed by atoms with E-state index in [1.807, 2.05) is 38.1 Å². The Balaban J connectivity index is 2.26. The van der Waals surface area contributed by atoms with Gasteiger partial charge < -0.3 is 9.47 Å². The van der Waals surface area contributed by atoms with E-state index in [0.29, 0.717) is 17.1 Å². The molecule has 0 aromatic heterocycles. The minimum absolute atomic E-state index is 0.409. The molecule has 0 N–H and O–H groups in total. The van der Waals surface area contributed by atoms with E-state index < -0.39 is 5.97 Å². The van der Waals surface area contributed by atoms with E-state index in [-0.39, 0.29) is 0 Å². The van der Waals surface area contributed by atoms with Gasteiger partial charge in [0, 0.05) is 0 Å². The molecule has 0 radical (unpaired) electrons. The quantitative estimate of drug-likeness (QED) is 0.475. The predicted molar refractivity (Wildman–Crippen MR) is 78.0 cm³/mol. The Morgan fingerprint density at radius 1 is 1.10 bits per heavy atom. The Hall–Kier alpha value is -2.55. The molecular formula is C17H16O3. The van der Waals surface area contributed by atoms with Crippen molar-refractivity contribution >= 4 is 5.97 Å². The molecular weight excluding hydrogens is 252 g/mol. The maximum atomic E-state index is 12.2. The lowest BCUT2D eigenvalue weighted by molar-refractivity contribution is 0.0732. The second-order valence-corrected chi connectivity index (χ2v) is 4.29. The number of hydrogen-bond donors (Lipinski definition) is 0. The third-order valence-corrected chi connectivity index (χ3v) is 2.64. The Labute approximate surface area is 118 Å². The van der Waals surface area contributed by atoms with Crippen molar-refractivity contribution in [2.45, 2.75) is 13.8 Å². The monoisotopic (exact) mass is 268 g/mol. The van der Waals surface area contributed by atoms with E-state index in [1.54, 1.807) is 30.3 Å². The van der Waals surface area contributed by atoms with Crippen LogP contribution in [0, 0.1) is 6.92 Å². The van der Waals surface area contributed by atoms with E-state index in [0.717, 1.165) is 5.56 Å². The van der Waals surface area contributed by atoms with Crippen LogP contribution in [0.4, 0.5) is 0 Å². The summed E-state index contributed by atoms with van der Waals surface area (Å²) in [6, 6.07) is 14.4. The highest BCUT2D eigenvalue weighted by Gasteiger charge is 2.15. The van der Waals surface area contributed by atoms with Gasteiger partial charge in [0.05, 0.1) is 6.26 Å². The number of carbonyl (C=O) groups is 1. The molecule has 0 amide bonds. The highest BCUT2D eigenvalue weighted by molar-refractivity contribution is 5.94. The molecule has 2 aromatic carbocycles. The first-order valence-corrected chi connectivity index (χ1v) is 6.36. The molecule has 2 rings (SSSR count). The lowest BCUT2D eigenvalue weighted by Gasteiger charge is -2.09. The van der Waals surface area contributed by atoms with Gasteiger partial charge in [0.15, 0.2) is 0 Å². The molecule has 0 aliphatic heterocycles. The molecule has 0 heterocycles. The van der Waals surface area contributed by atoms with Gasteiger partial charge in [0.2, 0.25) is 0 Å². The summed E-state index contributed by atoms with van der Waals surface area (Å²) in [6.45, 7) is 3.76. The average Bonchev–Trinajstić information content (AvgIpc) is 2.47. The fraction of sp³-hybridized carbons (Fsp3) is 0.118. The van der Waals surface area contributed by atoms with Gasteiger partial charge >= 0.3 is 5.97 Å². The van der Waals surface area contributed by atoms with Crippen LogP contribution in [0.25, 0.3) is 0 Å². The number of hydrogen-bond acceptors (Lipinski definition) is 3. The Bertz CT molecular complexity index is 615. The van der Waals surface area contributed by atoms with E-state index in [1.165, 1.54) is 6.26 Å². The molecule has 3 heteroatoms. The summed E-state index contributed by atoms with van der Waals surface area (Å²) in [5.41, 5.74) is 1.38. The fourth-order valence-corrected chi connectivity index (χ4v) is 1.70. The standard InChI is InChI=1S/C17H16O3/c1-3-11-19-16-10-9-13(2)12-15(16)17(18)20-14-7-5-4-6-8-14/h3-12H,1-2H3. The van der Waals surface area contributed by atoms with E-state index in [4.69, 9.17) is 9.47 Å². The zero-order valence-corrected chi connectivity index (χ0v) is 11.5. The number of rotatable bonds is 4. The maximum absolute atomic E-state index is 12.2. The van der Waals surface area contributed by atoms with Crippen LogP contribution in [-0.4, -0.2) is 5.97 Å².